The minimum absolute atomic E-state index is 0.497. The second-order valence-electron chi connectivity index (χ2n) is 6.95. The van der Waals surface area contributed by atoms with Gasteiger partial charge in [0, 0.05) is 41.6 Å². The lowest BCUT2D eigenvalue weighted by Gasteiger charge is -2.22. The molecule has 3 rings (SSSR count). The molecule has 1 aliphatic heterocycles. The zero-order valence-corrected chi connectivity index (χ0v) is 15.5. The maximum Gasteiger partial charge on any atom is 0.129 e. The van der Waals surface area contributed by atoms with Crippen LogP contribution >= 0.6 is 0 Å². The number of aryl methyl sites for hydroxylation is 1. The van der Waals surface area contributed by atoms with Crippen LogP contribution in [0.1, 0.15) is 18.9 Å². The third-order valence-electron chi connectivity index (χ3n) is 4.71. The molecular formula is C21H27N5. The van der Waals surface area contributed by atoms with Crippen molar-refractivity contribution in [3.05, 3.63) is 66.3 Å². The number of rotatable bonds is 5. The Balaban J connectivity index is 1.79. The number of nitrogens with two attached hydrogens (primary N) is 2. The van der Waals surface area contributed by atoms with Crippen molar-refractivity contribution in [2.45, 2.75) is 20.3 Å². The number of nitrogens with one attached hydrogen (secondary N) is 1. The summed E-state index contributed by atoms with van der Waals surface area (Å²) in [5.74, 6) is 1.27. The van der Waals surface area contributed by atoms with Crippen LogP contribution in [0.25, 0.3) is 11.1 Å². The fraction of sp³-hybridized carbons (Fsp3) is 0.286. The van der Waals surface area contributed by atoms with E-state index >= 15 is 0 Å². The number of hydrogen-bond acceptors (Lipinski definition) is 5. The van der Waals surface area contributed by atoms with E-state index in [2.05, 4.69) is 53.0 Å². The van der Waals surface area contributed by atoms with Crippen molar-refractivity contribution >= 4 is 11.5 Å². The maximum absolute atomic E-state index is 5.83. The van der Waals surface area contributed by atoms with Gasteiger partial charge in [0.05, 0.1) is 0 Å². The van der Waals surface area contributed by atoms with E-state index < -0.39 is 0 Å². The summed E-state index contributed by atoms with van der Waals surface area (Å²) >= 11 is 0. The van der Waals surface area contributed by atoms with E-state index in [0.29, 0.717) is 18.2 Å². The Kier molecular flexibility index (Phi) is 5.28. The van der Waals surface area contributed by atoms with Gasteiger partial charge < -0.3 is 21.7 Å². The number of benzene rings is 1. The first-order valence-corrected chi connectivity index (χ1v) is 8.89. The van der Waals surface area contributed by atoms with Crippen LogP contribution < -0.4 is 21.7 Å². The molecule has 1 fully saturated rings. The van der Waals surface area contributed by atoms with Gasteiger partial charge in [-0.3, -0.25) is 0 Å². The van der Waals surface area contributed by atoms with Crippen molar-refractivity contribution in [3.63, 3.8) is 0 Å². The van der Waals surface area contributed by atoms with Crippen molar-refractivity contribution in [1.82, 2.24) is 4.98 Å². The molecular weight excluding hydrogens is 322 g/mol. The van der Waals surface area contributed by atoms with Gasteiger partial charge in [-0.2, -0.15) is 0 Å². The van der Waals surface area contributed by atoms with Crippen molar-refractivity contribution in [1.29, 1.82) is 0 Å². The average molecular weight is 349 g/mol. The Bertz CT molecular complexity index is 819. The molecule has 1 aromatic heterocycles. The first-order valence-electron chi connectivity index (χ1n) is 8.89. The first-order chi connectivity index (χ1) is 12.5. The Morgan fingerprint density at radius 2 is 2.12 bits per heavy atom. The Morgan fingerprint density at radius 1 is 1.35 bits per heavy atom. The predicted octanol–water partition coefficient (Wildman–Crippen LogP) is 3.59. The molecule has 1 aromatic carbocycles. The maximum atomic E-state index is 5.83. The molecule has 5 heteroatoms. The Morgan fingerprint density at radius 3 is 2.69 bits per heavy atom. The molecule has 0 radical (unpaired) electrons. The third-order valence-corrected chi connectivity index (χ3v) is 4.71. The smallest absolute Gasteiger partial charge is 0.129 e. The standard InChI is InChI=1S/C21H27N5/c1-14-8-18(19-5-7-21(25-12-19)24-11-15(2)23)4-6-20(14)26-13-17(10-22)9-16(26)3/h4-8,11-12,17H,3,9-10,13,22-23H2,1-2H3,(H,24,25)/b15-11-. The van der Waals surface area contributed by atoms with Gasteiger partial charge in [0.15, 0.2) is 0 Å². The molecule has 5 N–H and O–H groups in total. The lowest BCUT2D eigenvalue weighted by molar-refractivity contribution is 0.609. The van der Waals surface area contributed by atoms with Crippen molar-refractivity contribution in [2.24, 2.45) is 17.4 Å². The summed E-state index contributed by atoms with van der Waals surface area (Å²) in [7, 11) is 0. The summed E-state index contributed by atoms with van der Waals surface area (Å²) in [5.41, 5.74) is 18.0. The van der Waals surface area contributed by atoms with E-state index in [1.165, 1.54) is 11.3 Å². The number of hydrogen-bond donors (Lipinski definition) is 3. The highest BCUT2D eigenvalue weighted by atomic mass is 15.2. The molecule has 2 aromatic rings. The van der Waals surface area contributed by atoms with Gasteiger partial charge in [-0.1, -0.05) is 12.6 Å². The average Bonchev–Trinajstić information content (AvgIpc) is 3.01. The van der Waals surface area contributed by atoms with Gasteiger partial charge in [-0.05, 0) is 68.1 Å². The van der Waals surface area contributed by atoms with Gasteiger partial charge >= 0.3 is 0 Å². The molecule has 1 saturated heterocycles. The summed E-state index contributed by atoms with van der Waals surface area (Å²) in [5, 5.41) is 3.07. The van der Waals surface area contributed by atoms with Gasteiger partial charge in [-0.15, -0.1) is 0 Å². The Hall–Kier alpha value is -2.79. The molecule has 0 amide bonds. The summed E-state index contributed by atoms with van der Waals surface area (Å²) in [6, 6.07) is 10.5. The fourth-order valence-corrected chi connectivity index (χ4v) is 3.30. The van der Waals surface area contributed by atoms with E-state index in [9.17, 15) is 0 Å². The highest BCUT2D eigenvalue weighted by molar-refractivity contribution is 5.70. The lowest BCUT2D eigenvalue weighted by atomic mass is 10.0. The number of pyridine rings is 1. The van der Waals surface area contributed by atoms with E-state index in [0.717, 1.165) is 35.6 Å². The molecule has 2 heterocycles. The van der Waals surface area contributed by atoms with E-state index in [1.54, 1.807) is 6.20 Å². The zero-order valence-electron chi connectivity index (χ0n) is 15.5. The molecule has 1 aliphatic rings. The molecule has 1 unspecified atom stereocenters. The molecule has 0 spiro atoms. The normalized spacial score (nSPS) is 17.7. The summed E-state index contributed by atoms with van der Waals surface area (Å²) in [6.07, 6.45) is 4.58. The van der Waals surface area contributed by atoms with Gasteiger partial charge in [0.2, 0.25) is 0 Å². The number of allylic oxidation sites excluding steroid dienone is 2. The monoisotopic (exact) mass is 349 g/mol. The van der Waals surface area contributed by atoms with Crippen molar-refractivity contribution < 1.29 is 0 Å². The quantitative estimate of drug-likeness (QED) is 0.769. The molecule has 0 saturated carbocycles. The molecule has 136 valence electrons. The van der Waals surface area contributed by atoms with E-state index in [4.69, 9.17) is 11.5 Å². The second-order valence-corrected chi connectivity index (χ2v) is 6.95. The van der Waals surface area contributed by atoms with Crippen LogP contribution in [0.4, 0.5) is 11.5 Å². The van der Waals surface area contributed by atoms with Gasteiger partial charge in [-0.25, -0.2) is 4.98 Å². The second kappa shape index (κ2) is 7.62. The van der Waals surface area contributed by atoms with Crippen LogP contribution in [-0.4, -0.2) is 18.1 Å². The van der Waals surface area contributed by atoms with Crippen molar-refractivity contribution in [3.8, 4) is 11.1 Å². The molecule has 5 nitrogen and oxygen atoms in total. The third kappa shape index (κ3) is 3.89. The van der Waals surface area contributed by atoms with Crippen LogP contribution in [0.2, 0.25) is 0 Å². The zero-order chi connectivity index (χ0) is 18.7. The molecule has 1 atom stereocenters. The van der Waals surface area contributed by atoms with E-state index in [1.807, 2.05) is 19.2 Å². The topological polar surface area (TPSA) is 80.2 Å². The minimum Gasteiger partial charge on any atom is -0.401 e. The number of aromatic nitrogens is 1. The lowest BCUT2D eigenvalue weighted by Crippen LogP contribution is -2.22. The van der Waals surface area contributed by atoms with Crippen LogP contribution in [-0.2, 0) is 0 Å². The van der Waals surface area contributed by atoms with Crippen LogP contribution in [0.3, 0.4) is 0 Å². The molecule has 26 heavy (non-hydrogen) atoms. The summed E-state index contributed by atoms with van der Waals surface area (Å²) in [4.78, 5) is 6.74. The minimum atomic E-state index is 0.497. The summed E-state index contributed by atoms with van der Waals surface area (Å²) in [6.45, 7) is 9.84. The van der Waals surface area contributed by atoms with Crippen LogP contribution in [0.5, 0.6) is 0 Å². The highest BCUT2D eigenvalue weighted by Gasteiger charge is 2.26. The van der Waals surface area contributed by atoms with Crippen LogP contribution in [0, 0.1) is 12.8 Å². The van der Waals surface area contributed by atoms with Gasteiger partial charge in [0.25, 0.3) is 0 Å². The molecule has 0 aliphatic carbocycles. The largest absolute Gasteiger partial charge is 0.401 e. The molecule has 0 bridgehead atoms. The Labute approximate surface area is 155 Å². The SMILES string of the molecule is C=C1CC(CN)CN1c1ccc(-c2ccc(N/C=C(/C)N)nc2)cc1C. The van der Waals surface area contributed by atoms with Crippen LogP contribution in [0.15, 0.2) is 60.7 Å². The number of nitrogens with zero attached hydrogens (tertiary/aromatic N) is 2. The first kappa shape index (κ1) is 18.0. The van der Waals surface area contributed by atoms with Crippen molar-refractivity contribution in [2.75, 3.05) is 23.3 Å². The predicted molar refractivity (Wildman–Crippen MR) is 110 cm³/mol. The fourth-order valence-electron chi connectivity index (χ4n) is 3.30. The van der Waals surface area contributed by atoms with Gasteiger partial charge in [0.1, 0.15) is 5.82 Å². The number of anilines is 2. The van der Waals surface area contributed by atoms with E-state index in [-0.39, 0.29) is 0 Å². The summed E-state index contributed by atoms with van der Waals surface area (Å²) < 4.78 is 0. The highest BCUT2D eigenvalue weighted by Crippen LogP contribution is 2.34.